The van der Waals surface area contributed by atoms with Gasteiger partial charge in [0.1, 0.15) is 5.82 Å². The van der Waals surface area contributed by atoms with Gasteiger partial charge >= 0.3 is 0 Å². The maximum atomic E-state index is 13.3. The highest BCUT2D eigenvalue weighted by Crippen LogP contribution is 2.22. The Morgan fingerprint density at radius 3 is 2.74 bits per heavy atom. The van der Waals surface area contributed by atoms with E-state index < -0.39 is 4.92 Å². The van der Waals surface area contributed by atoms with Crippen LogP contribution in [0.15, 0.2) is 48.5 Å². The van der Waals surface area contributed by atoms with Gasteiger partial charge in [0.15, 0.2) is 0 Å². The average Bonchev–Trinajstić information content (AvgIpc) is 3.04. The first-order valence-corrected chi connectivity index (χ1v) is 6.84. The van der Waals surface area contributed by atoms with Crippen molar-refractivity contribution in [2.75, 3.05) is 0 Å². The Hall–Kier alpha value is -3.16. The quantitative estimate of drug-likeness (QED) is 0.546. The van der Waals surface area contributed by atoms with Gasteiger partial charge in [-0.1, -0.05) is 24.3 Å². The molecule has 0 amide bonds. The van der Waals surface area contributed by atoms with E-state index in [1.54, 1.807) is 31.2 Å². The van der Waals surface area contributed by atoms with Gasteiger partial charge in [-0.25, -0.2) is 4.39 Å². The van der Waals surface area contributed by atoms with Gasteiger partial charge in [-0.05, 0) is 29.8 Å². The van der Waals surface area contributed by atoms with Crippen LogP contribution < -0.4 is 0 Å². The van der Waals surface area contributed by atoms with E-state index in [4.69, 9.17) is 0 Å². The highest BCUT2D eigenvalue weighted by atomic mass is 19.1. The van der Waals surface area contributed by atoms with Crippen LogP contribution in [0.5, 0.6) is 0 Å². The van der Waals surface area contributed by atoms with Crippen LogP contribution in [0.3, 0.4) is 0 Å². The smallest absolute Gasteiger partial charge is 0.258 e. The van der Waals surface area contributed by atoms with Gasteiger partial charge in [0, 0.05) is 17.7 Å². The molecule has 3 rings (SSSR count). The van der Waals surface area contributed by atoms with Gasteiger partial charge in [-0.3, -0.25) is 10.1 Å². The zero-order valence-electron chi connectivity index (χ0n) is 12.1. The zero-order valence-corrected chi connectivity index (χ0v) is 12.1. The second-order valence-corrected chi connectivity index (χ2v) is 4.97. The third-order valence-corrected chi connectivity index (χ3v) is 3.42. The molecule has 0 aliphatic carbocycles. The Labute approximate surface area is 130 Å². The highest BCUT2D eigenvalue weighted by Gasteiger charge is 2.16. The highest BCUT2D eigenvalue weighted by molar-refractivity contribution is 5.53. The van der Waals surface area contributed by atoms with Crippen LogP contribution in [-0.2, 0) is 0 Å². The van der Waals surface area contributed by atoms with E-state index in [2.05, 4.69) is 15.4 Å². The molecule has 1 atom stereocenters. The Kier molecular flexibility index (Phi) is 3.80. The number of nitro groups is 1. The summed E-state index contributed by atoms with van der Waals surface area (Å²) in [5.74, 6) is -0.0904. The van der Waals surface area contributed by atoms with Gasteiger partial charge in [0.05, 0.1) is 11.0 Å². The van der Waals surface area contributed by atoms with Crippen LogP contribution in [0.4, 0.5) is 10.1 Å². The molecular formula is C15H12FN5O2. The maximum Gasteiger partial charge on any atom is 0.269 e. The molecule has 0 aliphatic heterocycles. The molecule has 0 aliphatic rings. The molecule has 0 unspecified atom stereocenters. The normalized spacial score (nSPS) is 12.1. The predicted octanol–water partition coefficient (Wildman–Crippen LogP) is 3.00. The molecule has 0 saturated heterocycles. The van der Waals surface area contributed by atoms with E-state index in [1.807, 2.05) is 0 Å². The number of hydrogen-bond acceptors (Lipinski definition) is 5. The lowest BCUT2D eigenvalue weighted by molar-refractivity contribution is -0.384. The Bertz CT molecular complexity index is 864. The molecule has 0 bridgehead atoms. The fourth-order valence-corrected chi connectivity index (χ4v) is 2.16. The second kappa shape index (κ2) is 5.91. The van der Waals surface area contributed by atoms with Crippen molar-refractivity contribution in [1.82, 2.24) is 20.2 Å². The van der Waals surface area contributed by atoms with Crippen molar-refractivity contribution in [3.63, 3.8) is 0 Å². The van der Waals surface area contributed by atoms with Crippen molar-refractivity contribution < 1.29 is 9.31 Å². The van der Waals surface area contributed by atoms with Crippen molar-refractivity contribution in [2.24, 2.45) is 0 Å². The first-order valence-electron chi connectivity index (χ1n) is 6.84. The number of tetrazole rings is 1. The molecule has 1 heterocycles. The molecular weight excluding hydrogens is 301 g/mol. The third-order valence-electron chi connectivity index (χ3n) is 3.42. The summed E-state index contributed by atoms with van der Waals surface area (Å²) in [5, 5.41) is 23.0. The number of aromatic nitrogens is 4. The van der Waals surface area contributed by atoms with Crippen molar-refractivity contribution in [1.29, 1.82) is 0 Å². The Morgan fingerprint density at radius 2 is 2.00 bits per heavy atom. The van der Waals surface area contributed by atoms with E-state index in [9.17, 15) is 14.5 Å². The minimum absolute atomic E-state index is 0.000167. The predicted molar refractivity (Wildman–Crippen MR) is 80.1 cm³/mol. The molecule has 1 aromatic heterocycles. The minimum Gasteiger partial charge on any atom is -0.258 e. The van der Waals surface area contributed by atoms with Gasteiger partial charge in [-0.15, -0.1) is 10.2 Å². The number of nitrogens with zero attached hydrogens (tertiary/aromatic N) is 5. The lowest BCUT2D eigenvalue weighted by Gasteiger charge is -2.09. The summed E-state index contributed by atoms with van der Waals surface area (Å²) in [6, 6.07) is 11.8. The van der Waals surface area contributed by atoms with Crippen molar-refractivity contribution >= 4 is 5.69 Å². The number of non-ortho nitro benzene ring substituents is 1. The molecule has 7 nitrogen and oxygen atoms in total. The molecule has 8 heteroatoms. The van der Waals surface area contributed by atoms with Crippen LogP contribution in [-0.4, -0.2) is 25.1 Å². The standard InChI is InChI=1S/C15H12FN5O2/c1-10(11-4-3-7-14(9-11)21(22)23)20-18-15(17-19-20)12-5-2-6-13(16)8-12/h2-10H,1H3/t10-/m0/s1. The summed E-state index contributed by atoms with van der Waals surface area (Å²) in [4.78, 5) is 11.7. The van der Waals surface area contributed by atoms with Crippen LogP contribution in [0.2, 0.25) is 0 Å². The number of hydrogen-bond donors (Lipinski definition) is 0. The summed E-state index contributed by atoms with van der Waals surface area (Å²) >= 11 is 0. The summed E-state index contributed by atoms with van der Waals surface area (Å²) in [7, 11) is 0. The van der Waals surface area contributed by atoms with Crippen LogP contribution in [0, 0.1) is 15.9 Å². The molecule has 3 aromatic rings. The number of halogens is 1. The lowest BCUT2D eigenvalue weighted by atomic mass is 10.1. The summed E-state index contributed by atoms with van der Waals surface area (Å²) < 4.78 is 13.3. The van der Waals surface area contributed by atoms with Crippen molar-refractivity contribution in [3.8, 4) is 11.4 Å². The summed E-state index contributed by atoms with van der Waals surface area (Å²) in [5.41, 5.74) is 1.20. The fraction of sp³-hybridized carbons (Fsp3) is 0.133. The topological polar surface area (TPSA) is 86.7 Å². The molecule has 0 fully saturated rings. The Morgan fingerprint density at radius 1 is 1.22 bits per heavy atom. The van der Waals surface area contributed by atoms with Gasteiger partial charge in [-0.2, -0.15) is 4.80 Å². The summed E-state index contributed by atoms with van der Waals surface area (Å²) in [6.45, 7) is 1.80. The van der Waals surface area contributed by atoms with Crippen LogP contribution >= 0.6 is 0 Å². The molecule has 0 spiro atoms. The first kappa shape index (κ1) is 14.8. The van der Waals surface area contributed by atoms with E-state index in [-0.39, 0.29) is 17.5 Å². The molecule has 0 N–H and O–H groups in total. The van der Waals surface area contributed by atoms with E-state index in [0.717, 1.165) is 0 Å². The van der Waals surface area contributed by atoms with Crippen molar-refractivity contribution in [2.45, 2.75) is 13.0 Å². The number of rotatable bonds is 4. The lowest BCUT2D eigenvalue weighted by Crippen LogP contribution is -2.10. The minimum atomic E-state index is -0.455. The van der Waals surface area contributed by atoms with Crippen molar-refractivity contribution in [3.05, 3.63) is 70.0 Å². The van der Waals surface area contributed by atoms with Crippen LogP contribution in [0.25, 0.3) is 11.4 Å². The Balaban J connectivity index is 1.91. The second-order valence-electron chi connectivity index (χ2n) is 4.97. The first-order chi connectivity index (χ1) is 11.0. The maximum absolute atomic E-state index is 13.3. The van der Waals surface area contributed by atoms with E-state index in [1.165, 1.54) is 29.1 Å². The molecule has 0 saturated carbocycles. The van der Waals surface area contributed by atoms with E-state index >= 15 is 0 Å². The van der Waals surface area contributed by atoms with Crippen LogP contribution in [0.1, 0.15) is 18.5 Å². The van der Waals surface area contributed by atoms with Gasteiger partial charge in [0.25, 0.3) is 5.69 Å². The zero-order chi connectivity index (χ0) is 16.4. The van der Waals surface area contributed by atoms with E-state index in [0.29, 0.717) is 17.0 Å². The number of benzene rings is 2. The largest absolute Gasteiger partial charge is 0.269 e. The SMILES string of the molecule is C[C@@H](c1cccc([N+](=O)[O-])c1)n1nnc(-c2cccc(F)c2)n1. The molecule has 23 heavy (non-hydrogen) atoms. The molecule has 0 radical (unpaired) electrons. The average molecular weight is 313 g/mol. The van der Waals surface area contributed by atoms with Gasteiger partial charge < -0.3 is 0 Å². The molecule has 116 valence electrons. The monoisotopic (exact) mass is 313 g/mol. The number of nitro benzene ring substituents is 1. The summed E-state index contributed by atoms with van der Waals surface area (Å²) in [6.07, 6.45) is 0. The molecule has 2 aromatic carbocycles. The fourth-order valence-electron chi connectivity index (χ4n) is 2.16. The van der Waals surface area contributed by atoms with Gasteiger partial charge in [0.2, 0.25) is 5.82 Å². The third kappa shape index (κ3) is 3.05.